The second kappa shape index (κ2) is 11.0. The van der Waals surface area contributed by atoms with Crippen LogP contribution in [0.2, 0.25) is 0 Å². The molecule has 4 atom stereocenters. The maximum absolute atomic E-state index is 13.4. The van der Waals surface area contributed by atoms with E-state index in [0.29, 0.717) is 16.6 Å². The second-order valence-electron chi connectivity index (χ2n) is 13.7. The number of H-pyrrole nitrogens is 2. The number of hydrogen-bond acceptors (Lipinski definition) is 4. The zero-order chi connectivity index (χ0) is 30.6. The van der Waals surface area contributed by atoms with Crippen LogP contribution in [0.4, 0.5) is 0 Å². The average molecular weight is 600 g/mol. The Morgan fingerprint density at radius 1 is 0.911 bits per heavy atom. The minimum Gasteiger partial charge on any atom is -0.350 e. The van der Waals surface area contributed by atoms with Crippen molar-refractivity contribution in [3.63, 3.8) is 0 Å². The number of fused-ring (bicyclic) bond motifs is 2. The first-order chi connectivity index (χ1) is 22.0. The Bertz CT molecular complexity index is 1890. The SMILES string of the molecule is Cc1nc2ccccc2[nH]1.O=C(c1cc(=O)c2ccccc2[nH]1)N1CCC(CCN2C3CCCC4CC432)(c2ccccc2)CC1. The number of aromatic amines is 2. The Morgan fingerprint density at radius 3 is 2.42 bits per heavy atom. The van der Waals surface area contributed by atoms with Gasteiger partial charge in [0.15, 0.2) is 5.43 Å². The Kier molecular flexibility index (Phi) is 6.90. The van der Waals surface area contributed by atoms with Gasteiger partial charge in [0.05, 0.1) is 11.0 Å². The van der Waals surface area contributed by atoms with Crippen molar-refractivity contribution in [3.8, 4) is 0 Å². The van der Waals surface area contributed by atoms with Crippen LogP contribution in [0.3, 0.4) is 0 Å². The van der Waals surface area contributed by atoms with Crippen LogP contribution in [0.15, 0.2) is 89.7 Å². The molecule has 2 saturated carbocycles. The maximum atomic E-state index is 13.4. The first-order valence-electron chi connectivity index (χ1n) is 16.6. The molecule has 4 fully saturated rings. The van der Waals surface area contributed by atoms with Crippen molar-refractivity contribution < 1.29 is 4.79 Å². The fraction of sp³-hybridized carbons (Fsp3) is 0.395. The molecule has 3 aromatic carbocycles. The van der Waals surface area contributed by atoms with Crippen LogP contribution >= 0.6 is 0 Å². The average Bonchev–Trinajstić information content (AvgIpc) is 3.92. The number of hydrogen-bond donors (Lipinski definition) is 2. The number of benzene rings is 3. The third kappa shape index (κ3) is 4.98. The fourth-order valence-electron chi connectivity index (χ4n) is 8.76. The third-order valence-corrected chi connectivity index (χ3v) is 11.3. The zero-order valence-corrected chi connectivity index (χ0v) is 26.0. The van der Waals surface area contributed by atoms with Crippen molar-refractivity contribution in [1.82, 2.24) is 24.8 Å². The van der Waals surface area contributed by atoms with E-state index in [0.717, 1.165) is 66.7 Å². The van der Waals surface area contributed by atoms with Gasteiger partial charge in [-0.3, -0.25) is 14.5 Å². The van der Waals surface area contributed by atoms with E-state index in [1.807, 2.05) is 54.3 Å². The van der Waals surface area contributed by atoms with Crippen molar-refractivity contribution in [1.29, 1.82) is 0 Å². The highest BCUT2D eigenvalue weighted by molar-refractivity contribution is 5.95. The van der Waals surface area contributed by atoms with E-state index >= 15 is 0 Å². The number of carbonyl (C=O) groups is 1. The molecule has 2 saturated heterocycles. The molecule has 45 heavy (non-hydrogen) atoms. The predicted molar refractivity (Wildman–Crippen MR) is 178 cm³/mol. The number of piperidine rings is 1. The number of aryl methyl sites for hydroxylation is 1. The summed E-state index contributed by atoms with van der Waals surface area (Å²) in [6, 6.07) is 28.7. The summed E-state index contributed by atoms with van der Waals surface area (Å²) in [5.41, 5.74) is 5.29. The highest BCUT2D eigenvalue weighted by atomic mass is 16.2. The van der Waals surface area contributed by atoms with Crippen LogP contribution in [-0.2, 0) is 5.41 Å². The topological polar surface area (TPSA) is 84.9 Å². The highest BCUT2D eigenvalue weighted by Gasteiger charge is 2.76. The molecule has 0 bridgehead atoms. The molecular weight excluding hydrogens is 558 g/mol. The van der Waals surface area contributed by atoms with E-state index in [9.17, 15) is 9.59 Å². The van der Waals surface area contributed by atoms with Gasteiger partial charge < -0.3 is 14.9 Å². The monoisotopic (exact) mass is 599 g/mol. The van der Waals surface area contributed by atoms with E-state index in [1.165, 1.54) is 43.9 Å². The zero-order valence-electron chi connectivity index (χ0n) is 26.0. The minimum absolute atomic E-state index is 0.0637. The molecule has 9 rings (SSSR count). The normalized spacial score (nSPS) is 26.0. The number of pyridine rings is 1. The smallest absolute Gasteiger partial charge is 0.270 e. The summed E-state index contributed by atoms with van der Waals surface area (Å²) in [5.74, 6) is 1.88. The van der Waals surface area contributed by atoms with Gasteiger partial charge >= 0.3 is 0 Å². The fourth-order valence-corrected chi connectivity index (χ4v) is 8.76. The van der Waals surface area contributed by atoms with Crippen molar-refractivity contribution in [2.24, 2.45) is 5.92 Å². The van der Waals surface area contributed by atoms with Gasteiger partial charge in [-0.1, -0.05) is 61.0 Å². The number of nitrogens with zero attached hydrogens (tertiary/aromatic N) is 3. The summed E-state index contributed by atoms with van der Waals surface area (Å²) >= 11 is 0. The quantitative estimate of drug-likeness (QED) is 0.223. The standard InChI is InChI=1S/C30H33N3O2.C8H8N2/c34-26-19-25(31-24-11-5-4-10-23(24)26)28(35)32-16-13-29(14-17-32,21-7-2-1-3-8-21)15-18-33-27-12-6-9-22-20-30(22,27)33;1-6-9-7-4-2-3-5-8(7)10-6/h1-5,7-8,10-11,19,22,27H,6,9,12-18,20H2,(H,31,34);2-5H,1H3,(H,9,10). The van der Waals surface area contributed by atoms with Crippen LogP contribution in [-0.4, -0.2) is 61.9 Å². The first-order valence-corrected chi connectivity index (χ1v) is 16.6. The summed E-state index contributed by atoms with van der Waals surface area (Å²) in [6.45, 7) is 4.58. The molecule has 4 heterocycles. The Hall–Kier alpha value is -4.23. The highest BCUT2D eigenvalue weighted by Crippen LogP contribution is 2.70. The molecule has 2 aliphatic heterocycles. The molecule has 2 aliphatic carbocycles. The summed E-state index contributed by atoms with van der Waals surface area (Å²) in [7, 11) is 0. The lowest BCUT2D eigenvalue weighted by Crippen LogP contribution is -2.46. The molecule has 2 N–H and O–H groups in total. The number of nitrogens with one attached hydrogen (secondary N) is 2. The van der Waals surface area contributed by atoms with E-state index in [4.69, 9.17) is 0 Å². The molecular formula is C38H41N5O2. The van der Waals surface area contributed by atoms with Crippen LogP contribution in [0.25, 0.3) is 21.9 Å². The van der Waals surface area contributed by atoms with E-state index in [1.54, 1.807) is 6.07 Å². The lowest BCUT2D eigenvalue weighted by Gasteiger charge is -2.42. The maximum Gasteiger partial charge on any atom is 0.270 e. The lowest BCUT2D eigenvalue weighted by atomic mass is 9.70. The van der Waals surface area contributed by atoms with Gasteiger partial charge in [-0.05, 0) is 93.2 Å². The molecule has 4 unspecified atom stereocenters. The Labute approximate surface area is 263 Å². The number of likely N-dealkylation sites (tertiary alicyclic amines) is 2. The lowest BCUT2D eigenvalue weighted by molar-refractivity contribution is 0.0649. The summed E-state index contributed by atoms with van der Waals surface area (Å²) in [6.07, 6.45) is 8.77. The van der Waals surface area contributed by atoms with E-state index in [2.05, 4.69) is 50.2 Å². The van der Waals surface area contributed by atoms with Gasteiger partial charge in [-0.25, -0.2) is 4.98 Å². The molecule has 5 aromatic rings. The van der Waals surface area contributed by atoms with Crippen LogP contribution in [0, 0.1) is 12.8 Å². The van der Waals surface area contributed by atoms with Crippen molar-refractivity contribution in [3.05, 3.63) is 112 Å². The van der Waals surface area contributed by atoms with E-state index in [-0.39, 0.29) is 16.8 Å². The van der Waals surface area contributed by atoms with Crippen molar-refractivity contribution in [2.45, 2.75) is 68.9 Å². The summed E-state index contributed by atoms with van der Waals surface area (Å²) in [5, 5.41) is 0.624. The molecule has 0 radical (unpaired) electrons. The van der Waals surface area contributed by atoms with E-state index < -0.39 is 0 Å². The van der Waals surface area contributed by atoms with Gasteiger partial charge in [0.25, 0.3) is 5.91 Å². The molecule has 1 amide bonds. The Balaban J connectivity index is 0.000000255. The number of amides is 1. The van der Waals surface area contributed by atoms with Crippen LogP contribution in [0.1, 0.15) is 66.8 Å². The van der Waals surface area contributed by atoms with Gasteiger partial charge in [-0.15, -0.1) is 0 Å². The number of aromatic nitrogens is 3. The molecule has 7 heteroatoms. The van der Waals surface area contributed by atoms with Gasteiger partial charge in [0.2, 0.25) is 0 Å². The van der Waals surface area contributed by atoms with Crippen LogP contribution in [0.5, 0.6) is 0 Å². The van der Waals surface area contributed by atoms with Gasteiger partial charge in [-0.2, -0.15) is 0 Å². The number of rotatable bonds is 5. The summed E-state index contributed by atoms with van der Waals surface area (Å²) in [4.78, 5) is 41.3. The molecule has 2 aromatic heterocycles. The number of imidazole rings is 1. The second-order valence-corrected chi connectivity index (χ2v) is 13.7. The molecule has 4 aliphatic rings. The summed E-state index contributed by atoms with van der Waals surface area (Å²) < 4.78 is 0. The molecule has 230 valence electrons. The molecule has 7 nitrogen and oxygen atoms in total. The number of para-hydroxylation sites is 3. The Morgan fingerprint density at radius 2 is 1.64 bits per heavy atom. The largest absolute Gasteiger partial charge is 0.350 e. The predicted octanol–water partition coefficient (Wildman–Crippen LogP) is 6.59. The minimum atomic E-state index is -0.101. The number of carbonyl (C=O) groups excluding carboxylic acids is 1. The van der Waals surface area contributed by atoms with Crippen molar-refractivity contribution in [2.75, 3.05) is 19.6 Å². The third-order valence-electron chi connectivity index (χ3n) is 11.3. The molecule has 1 spiro atoms. The van der Waals surface area contributed by atoms with Crippen molar-refractivity contribution >= 4 is 27.8 Å². The van der Waals surface area contributed by atoms with Gasteiger partial charge in [0, 0.05) is 41.6 Å². The van der Waals surface area contributed by atoms with Crippen LogP contribution < -0.4 is 5.43 Å². The van der Waals surface area contributed by atoms with Gasteiger partial charge in [0.1, 0.15) is 11.5 Å². The first kappa shape index (κ1) is 28.3.